The number of nitriles is 1. The summed E-state index contributed by atoms with van der Waals surface area (Å²) in [5, 5.41) is 9.88. The average Bonchev–Trinajstić information content (AvgIpc) is 3.46. The molecule has 0 N–H and O–H groups in total. The number of halogens is 2. The highest BCUT2D eigenvalue weighted by Crippen LogP contribution is 2.20. The Morgan fingerprint density at radius 3 is 2.47 bits per heavy atom. The minimum absolute atomic E-state index is 0.0703. The van der Waals surface area contributed by atoms with Gasteiger partial charge in [0.2, 0.25) is 0 Å². The van der Waals surface area contributed by atoms with Crippen LogP contribution in [0.25, 0.3) is 11.6 Å². The lowest BCUT2D eigenvalue weighted by Crippen LogP contribution is -2.36. The van der Waals surface area contributed by atoms with Crippen LogP contribution >= 0.6 is 11.3 Å². The van der Waals surface area contributed by atoms with E-state index in [1.807, 2.05) is 36.4 Å². The van der Waals surface area contributed by atoms with Gasteiger partial charge in [0.25, 0.3) is 11.5 Å². The maximum Gasteiger partial charge on any atom is 0.387 e. The molecular weight excluding hydrogens is 460 g/mol. The van der Waals surface area contributed by atoms with Gasteiger partial charge in [-0.2, -0.15) is 14.0 Å². The van der Waals surface area contributed by atoms with Gasteiger partial charge in [0, 0.05) is 18.7 Å². The van der Waals surface area contributed by atoms with E-state index in [-0.39, 0.29) is 27.1 Å². The number of nitrogens with zero attached hydrogens (tertiary/aromatic N) is 3. The van der Waals surface area contributed by atoms with Gasteiger partial charge in [0.1, 0.15) is 16.5 Å². The minimum Gasteiger partial charge on any atom is -0.434 e. The summed E-state index contributed by atoms with van der Waals surface area (Å²) in [6.45, 7) is -1.72. The normalized spacial score (nSPS) is 14.9. The molecule has 0 bridgehead atoms. The van der Waals surface area contributed by atoms with Crippen molar-refractivity contribution in [1.82, 2.24) is 9.47 Å². The Labute approximate surface area is 198 Å². The Morgan fingerprint density at radius 2 is 1.79 bits per heavy atom. The second-order valence-corrected chi connectivity index (χ2v) is 8.73. The molecule has 1 fully saturated rings. The number of para-hydroxylation sites is 1. The van der Waals surface area contributed by atoms with Crippen molar-refractivity contribution >= 4 is 28.9 Å². The third-order valence-corrected chi connectivity index (χ3v) is 6.58. The van der Waals surface area contributed by atoms with Crippen LogP contribution in [0.15, 0.2) is 59.4 Å². The van der Waals surface area contributed by atoms with Crippen LogP contribution < -0.4 is 19.5 Å². The number of likely N-dealkylation sites (tertiary alicyclic amines) is 1. The van der Waals surface area contributed by atoms with E-state index in [9.17, 15) is 23.6 Å². The fourth-order valence-corrected chi connectivity index (χ4v) is 4.91. The topological polar surface area (TPSA) is 75.3 Å². The van der Waals surface area contributed by atoms with Crippen LogP contribution in [0.5, 0.6) is 5.75 Å². The largest absolute Gasteiger partial charge is 0.434 e. The molecule has 174 valence electrons. The van der Waals surface area contributed by atoms with Crippen LogP contribution in [0.1, 0.15) is 24.0 Å². The summed E-state index contributed by atoms with van der Waals surface area (Å²) in [5.41, 5.74) is 0.598. The molecule has 9 heteroatoms. The Morgan fingerprint density at radius 1 is 1.12 bits per heavy atom. The summed E-state index contributed by atoms with van der Waals surface area (Å²) < 4.78 is 32.1. The lowest BCUT2D eigenvalue weighted by molar-refractivity contribution is -0.123. The first-order valence-corrected chi connectivity index (χ1v) is 11.5. The first-order valence-electron chi connectivity index (χ1n) is 10.7. The molecule has 2 heterocycles. The number of alkyl halides is 2. The summed E-state index contributed by atoms with van der Waals surface area (Å²) in [6, 6.07) is 17.4. The van der Waals surface area contributed by atoms with E-state index in [4.69, 9.17) is 0 Å². The van der Waals surface area contributed by atoms with Crippen LogP contribution in [-0.2, 0) is 11.3 Å². The van der Waals surface area contributed by atoms with Crippen molar-refractivity contribution in [2.75, 3.05) is 13.1 Å². The summed E-state index contributed by atoms with van der Waals surface area (Å²) >= 11 is 0.992. The van der Waals surface area contributed by atoms with Crippen LogP contribution in [0.4, 0.5) is 8.78 Å². The predicted octanol–water partition coefficient (Wildman–Crippen LogP) is 2.68. The summed E-state index contributed by atoms with van der Waals surface area (Å²) in [4.78, 5) is 28.1. The van der Waals surface area contributed by atoms with Crippen molar-refractivity contribution in [2.24, 2.45) is 0 Å². The number of ether oxygens (including phenoxy) is 1. The molecule has 2 aromatic carbocycles. The SMILES string of the molecule is N#C/C(C(=O)N1CCCC1)=c1/s/c(=C\c2ccccc2OC(F)F)c(=O)n1Cc1ccccc1. The number of benzene rings is 2. The number of hydrogen-bond donors (Lipinski definition) is 0. The lowest BCUT2D eigenvalue weighted by Gasteiger charge is -2.14. The number of hydrogen-bond acceptors (Lipinski definition) is 5. The van der Waals surface area contributed by atoms with E-state index in [0.717, 1.165) is 29.7 Å². The van der Waals surface area contributed by atoms with Crippen LogP contribution in [0.2, 0.25) is 0 Å². The van der Waals surface area contributed by atoms with Gasteiger partial charge in [-0.1, -0.05) is 48.5 Å². The zero-order chi connectivity index (χ0) is 24.1. The van der Waals surface area contributed by atoms with Gasteiger partial charge in [-0.15, -0.1) is 11.3 Å². The maximum absolute atomic E-state index is 13.4. The van der Waals surface area contributed by atoms with Crippen molar-refractivity contribution in [3.8, 4) is 11.8 Å². The molecule has 0 atom stereocenters. The summed E-state index contributed by atoms with van der Waals surface area (Å²) in [6.07, 6.45) is 3.18. The molecule has 0 unspecified atom stereocenters. The first-order chi connectivity index (χ1) is 16.5. The fourth-order valence-electron chi connectivity index (χ4n) is 3.82. The minimum atomic E-state index is -3.01. The lowest BCUT2D eigenvalue weighted by atomic mass is 10.2. The fraction of sp³-hybridized carbons (Fsp3) is 0.240. The second-order valence-electron chi connectivity index (χ2n) is 7.70. The van der Waals surface area contributed by atoms with Crippen LogP contribution in [-0.4, -0.2) is 35.1 Å². The highest BCUT2D eigenvalue weighted by Gasteiger charge is 2.24. The molecule has 4 rings (SSSR count). The molecule has 3 aromatic rings. The standard InChI is InChI=1S/C25H21F2N3O3S/c26-25(27)33-20-11-5-4-10-18(20)14-21-23(32)30(16-17-8-2-1-3-9-17)24(34-21)19(15-28)22(31)29-12-6-7-13-29/h1-5,8-11,14,25H,6-7,12-13,16H2/b21-14-,24-19-. The number of carbonyl (C=O) groups is 1. The third-order valence-electron chi connectivity index (χ3n) is 5.45. The Hall–Kier alpha value is -3.77. The van der Waals surface area contributed by atoms with Gasteiger partial charge in [0.05, 0.1) is 11.1 Å². The van der Waals surface area contributed by atoms with Gasteiger partial charge in [-0.25, -0.2) is 0 Å². The zero-order valence-electron chi connectivity index (χ0n) is 18.1. The number of aromatic nitrogens is 1. The summed E-state index contributed by atoms with van der Waals surface area (Å²) in [7, 11) is 0. The second kappa shape index (κ2) is 10.4. The van der Waals surface area contributed by atoms with Gasteiger partial charge in [0.15, 0.2) is 5.57 Å². The number of thiazole rings is 1. The monoisotopic (exact) mass is 481 g/mol. The number of rotatable bonds is 6. The average molecular weight is 482 g/mol. The van der Waals surface area contributed by atoms with Crippen molar-refractivity contribution in [1.29, 1.82) is 5.26 Å². The third kappa shape index (κ3) is 5.07. The van der Waals surface area contributed by atoms with Crippen molar-refractivity contribution in [3.63, 3.8) is 0 Å². The molecule has 1 aliphatic heterocycles. The first kappa shape index (κ1) is 23.4. The van der Waals surface area contributed by atoms with Crippen molar-refractivity contribution in [2.45, 2.75) is 26.0 Å². The molecular formula is C25H21F2N3O3S. The molecule has 6 nitrogen and oxygen atoms in total. The van der Waals surface area contributed by atoms with E-state index in [1.165, 1.54) is 16.7 Å². The van der Waals surface area contributed by atoms with Crippen molar-refractivity contribution in [3.05, 3.63) is 85.3 Å². The number of carbonyl (C=O) groups excluding carboxylic acids is 1. The van der Waals surface area contributed by atoms with Crippen LogP contribution in [0.3, 0.4) is 0 Å². The highest BCUT2D eigenvalue weighted by molar-refractivity contribution is 7.07. The highest BCUT2D eigenvalue weighted by atomic mass is 32.1. The molecule has 0 saturated carbocycles. The maximum atomic E-state index is 13.4. The predicted molar refractivity (Wildman–Crippen MR) is 125 cm³/mol. The molecule has 0 radical (unpaired) electrons. The zero-order valence-corrected chi connectivity index (χ0v) is 18.9. The van der Waals surface area contributed by atoms with Crippen LogP contribution in [0, 0.1) is 11.3 Å². The van der Waals surface area contributed by atoms with E-state index >= 15 is 0 Å². The van der Waals surface area contributed by atoms with Gasteiger partial charge in [-0.3, -0.25) is 14.2 Å². The van der Waals surface area contributed by atoms with Gasteiger partial charge in [-0.05, 0) is 30.5 Å². The Kier molecular flexibility index (Phi) is 7.18. The van der Waals surface area contributed by atoms with E-state index in [1.54, 1.807) is 23.1 Å². The quantitative estimate of drug-likeness (QED) is 0.543. The molecule has 0 aliphatic carbocycles. The van der Waals surface area contributed by atoms with E-state index in [0.29, 0.717) is 18.7 Å². The molecule has 0 spiro atoms. The smallest absolute Gasteiger partial charge is 0.387 e. The van der Waals surface area contributed by atoms with Crippen molar-refractivity contribution < 1.29 is 18.3 Å². The molecule has 1 aliphatic rings. The molecule has 1 saturated heterocycles. The molecule has 1 amide bonds. The van der Waals surface area contributed by atoms with E-state index < -0.39 is 18.1 Å². The van der Waals surface area contributed by atoms with E-state index in [2.05, 4.69) is 4.74 Å². The summed E-state index contributed by atoms with van der Waals surface area (Å²) in [5.74, 6) is -0.477. The molecule has 34 heavy (non-hydrogen) atoms. The number of amides is 1. The molecule has 1 aromatic heterocycles. The Balaban J connectivity index is 1.92. The van der Waals surface area contributed by atoms with Gasteiger partial charge >= 0.3 is 6.61 Å². The Bertz CT molecular complexity index is 1400. The van der Waals surface area contributed by atoms with Gasteiger partial charge < -0.3 is 9.64 Å².